The first-order valence-electron chi connectivity index (χ1n) is 6.87. The number of hydrogen-bond donors (Lipinski definition) is 2. The van der Waals surface area contributed by atoms with Gasteiger partial charge in [-0.1, -0.05) is 29.3 Å². The number of nitrogens with one attached hydrogen (secondary N) is 1. The molecule has 0 aliphatic rings. The van der Waals surface area contributed by atoms with Crippen molar-refractivity contribution in [3.63, 3.8) is 0 Å². The number of rotatable bonds is 6. The van der Waals surface area contributed by atoms with Crippen molar-refractivity contribution in [2.45, 2.75) is 32.9 Å². The maximum absolute atomic E-state index is 8.93. The lowest BCUT2D eigenvalue weighted by atomic mass is 10.2. The van der Waals surface area contributed by atoms with Gasteiger partial charge in [0, 0.05) is 29.8 Å². The Kier molecular flexibility index (Phi) is 5.65. The van der Waals surface area contributed by atoms with E-state index in [9.17, 15) is 0 Å². The molecule has 0 spiro atoms. The summed E-state index contributed by atoms with van der Waals surface area (Å²) in [4.78, 5) is 0. The molecule has 0 saturated heterocycles. The van der Waals surface area contributed by atoms with Crippen molar-refractivity contribution in [2.24, 2.45) is 0 Å². The van der Waals surface area contributed by atoms with Crippen molar-refractivity contribution >= 4 is 23.2 Å². The molecule has 0 aliphatic carbocycles. The SMILES string of the molecule is Cc1nn(-c2cccc(Cl)c2)c(Cl)c1CNC(C)CCO. The normalized spacial score (nSPS) is 12.6. The molecule has 0 radical (unpaired) electrons. The molecule has 1 aromatic carbocycles. The fourth-order valence-electron chi connectivity index (χ4n) is 2.08. The lowest BCUT2D eigenvalue weighted by Crippen LogP contribution is -2.26. The number of hydrogen-bond acceptors (Lipinski definition) is 3. The molecule has 6 heteroatoms. The van der Waals surface area contributed by atoms with E-state index in [0.29, 0.717) is 23.1 Å². The lowest BCUT2D eigenvalue weighted by molar-refractivity contribution is 0.268. The fraction of sp³-hybridized carbons (Fsp3) is 0.400. The minimum Gasteiger partial charge on any atom is -0.396 e. The van der Waals surface area contributed by atoms with Crippen LogP contribution in [0.25, 0.3) is 5.69 Å². The van der Waals surface area contributed by atoms with Crippen LogP contribution in [0.1, 0.15) is 24.6 Å². The van der Waals surface area contributed by atoms with Gasteiger partial charge in [0.15, 0.2) is 0 Å². The molecule has 0 saturated carbocycles. The molecule has 1 unspecified atom stereocenters. The molecule has 2 rings (SSSR count). The van der Waals surface area contributed by atoms with Gasteiger partial charge in [-0.15, -0.1) is 0 Å². The number of nitrogens with zero attached hydrogens (tertiary/aromatic N) is 2. The second-order valence-electron chi connectivity index (χ2n) is 5.04. The second-order valence-corrected chi connectivity index (χ2v) is 5.84. The average molecular weight is 328 g/mol. The predicted octanol–water partition coefficient (Wildman–Crippen LogP) is 3.35. The topological polar surface area (TPSA) is 50.1 Å². The van der Waals surface area contributed by atoms with E-state index in [-0.39, 0.29) is 12.6 Å². The Morgan fingerprint density at radius 2 is 2.14 bits per heavy atom. The van der Waals surface area contributed by atoms with Crippen molar-refractivity contribution in [3.05, 3.63) is 45.7 Å². The first-order chi connectivity index (χ1) is 10.0. The minimum atomic E-state index is 0.169. The molecule has 1 aromatic heterocycles. The van der Waals surface area contributed by atoms with Crippen LogP contribution in [0.4, 0.5) is 0 Å². The summed E-state index contributed by atoms with van der Waals surface area (Å²) in [6.07, 6.45) is 0.707. The number of aryl methyl sites for hydroxylation is 1. The van der Waals surface area contributed by atoms with Gasteiger partial charge in [-0.2, -0.15) is 5.10 Å². The zero-order valence-corrected chi connectivity index (χ0v) is 13.6. The van der Waals surface area contributed by atoms with Gasteiger partial charge in [-0.25, -0.2) is 4.68 Å². The Balaban J connectivity index is 2.21. The summed E-state index contributed by atoms with van der Waals surface area (Å²) in [6, 6.07) is 7.64. The average Bonchev–Trinajstić information content (AvgIpc) is 2.72. The molecule has 1 heterocycles. The highest BCUT2D eigenvalue weighted by Gasteiger charge is 2.15. The summed E-state index contributed by atoms with van der Waals surface area (Å²) in [5, 5.41) is 18.0. The van der Waals surface area contributed by atoms with Gasteiger partial charge >= 0.3 is 0 Å². The first-order valence-corrected chi connectivity index (χ1v) is 7.62. The zero-order chi connectivity index (χ0) is 15.4. The molecule has 2 aromatic rings. The van der Waals surface area contributed by atoms with Crippen molar-refractivity contribution in [1.29, 1.82) is 0 Å². The van der Waals surface area contributed by atoms with Crippen molar-refractivity contribution in [1.82, 2.24) is 15.1 Å². The quantitative estimate of drug-likeness (QED) is 0.855. The minimum absolute atomic E-state index is 0.169. The maximum atomic E-state index is 8.93. The van der Waals surface area contributed by atoms with E-state index in [2.05, 4.69) is 10.4 Å². The van der Waals surface area contributed by atoms with Crippen LogP contribution in [0.3, 0.4) is 0 Å². The predicted molar refractivity (Wildman–Crippen MR) is 86.3 cm³/mol. The molecule has 2 N–H and O–H groups in total. The Morgan fingerprint density at radius 1 is 1.38 bits per heavy atom. The largest absolute Gasteiger partial charge is 0.396 e. The highest BCUT2D eigenvalue weighted by atomic mass is 35.5. The lowest BCUT2D eigenvalue weighted by Gasteiger charge is -2.12. The molecular weight excluding hydrogens is 309 g/mol. The van der Waals surface area contributed by atoms with E-state index in [1.165, 1.54) is 0 Å². The van der Waals surface area contributed by atoms with E-state index in [1.54, 1.807) is 4.68 Å². The molecule has 21 heavy (non-hydrogen) atoms. The zero-order valence-electron chi connectivity index (χ0n) is 12.1. The van der Waals surface area contributed by atoms with Gasteiger partial charge in [0.05, 0.1) is 11.4 Å². The van der Waals surface area contributed by atoms with Gasteiger partial charge in [0.1, 0.15) is 5.15 Å². The summed E-state index contributed by atoms with van der Waals surface area (Å²) < 4.78 is 1.69. The van der Waals surface area contributed by atoms with Crippen LogP contribution in [0.15, 0.2) is 24.3 Å². The van der Waals surface area contributed by atoms with Crippen molar-refractivity contribution in [3.8, 4) is 5.69 Å². The molecule has 4 nitrogen and oxygen atoms in total. The summed E-state index contributed by atoms with van der Waals surface area (Å²) in [6.45, 7) is 4.75. The van der Waals surface area contributed by atoms with E-state index in [0.717, 1.165) is 16.9 Å². The monoisotopic (exact) mass is 327 g/mol. The highest BCUT2D eigenvalue weighted by molar-refractivity contribution is 6.31. The van der Waals surface area contributed by atoms with Crippen molar-refractivity contribution in [2.75, 3.05) is 6.61 Å². The maximum Gasteiger partial charge on any atom is 0.137 e. The van der Waals surface area contributed by atoms with Crippen LogP contribution < -0.4 is 5.32 Å². The number of halogens is 2. The van der Waals surface area contributed by atoms with Crippen LogP contribution >= 0.6 is 23.2 Å². The van der Waals surface area contributed by atoms with E-state index >= 15 is 0 Å². The number of aliphatic hydroxyl groups is 1. The van der Waals surface area contributed by atoms with Crippen molar-refractivity contribution < 1.29 is 5.11 Å². The molecule has 0 amide bonds. The Hall–Kier alpha value is -1.07. The first kappa shape index (κ1) is 16.3. The smallest absolute Gasteiger partial charge is 0.137 e. The molecule has 0 bridgehead atoms. The van der Waals surface area contributed by atoms with E-state index < -0.39 is 0 Å². The van der Waals surface area contributed by atoms with E-state index in [4.69, 9.17) is 28.3 Å². The molecular formula is C15H19Cl2N3O. The summed E-state index contributed by atoms with van der Waals surface area (Å²) in [5.74, 6) is 0. The van der Waals surface area contributed by atoms with Crippen LogP contribution in [-0.4, -0.2) is 27.5 Å². The molecule has 0 fully saturated rings. The highest BCUT2D eigenvalue weighted by Crippen LogP contribution is 2.24. The van der Waals surface area contributed by atoms with Crippen LogP contribution in [0.2, 0.25) is 10.2 Å². The number of aromatic nitrogens is 2. The molecule has 114 valence electrons. The third kappa shape index (κ3) is 3.98. The van der Waals surface area contributed by atoms with Gasteiger partial charge in [0.25, 0.3) is 0 Å². The second kappa shape index (κ2) is 7.27. The summed E-state index contributed by atoms with van der Waals surface area (Å²) in [7, 11) is 0. The van der Waals surface area contributed by atoms with Crippen LogP contribution in [0, 0.1) is 6.92 Å². The third-order valence-electron chi connectivity index (χ3n) is 3.36. The Labute approximate surface area is 134 Å². The van der Waals surface area contributed by atoms with Gasteiger partial charge in [-0.3, -0.25) is 0 Å². The fourth-order valence-corrected chi connectivity index (χ4v) is 2.61. The molecule has 0 aliphatic heterocycles. The van der Waals surface area contributed by atoms with Crippen LogP contribution in [-0.2, 0) is 6.54 Å². The summed E-state index contributed by atoms with van der Waals surface area (Å²) in [5.41, 5.74) is 2.68. The standard InChI is InChI=1S/C15H19Cl2N3O/c1-10(6-7-21)18-9-14-11(2)19-20(15(14)17)13-5-3-4-12(16)8-13/h3-5,8,10,18,21H,6-7,9H2,1-2H3. The number of aliphatic hydroxyl groups excluding tert-OH is 1. The van der Waals surface area contributed by atoms with E-state index in [1.807, 2.05) is 38.1 Å². The molecule has 1 atom stereocenters. The Bertz CT molecular complexity index is 613. The third-order valence-corrected chi connectivity index (χ3v) is 3.99. The van der Waals surface area contributed by atoms with Gasteiger partial charge < -0.3 is 10.4 Å². The number of benzene rings is 1. The summed E-state index contributed by atoms with van der Waals surface area (Å²) >= 11 is 12.5. The van der Waals surface area contributed by atoms with Gasteiger partial charge in [-0.05, 0) is 38.5 Å². The van der Waals surface area contributed by atoms with Crippen LogP contribution in [0.5, 0.6) is 0 Å². The Morgan fingerprint density at radius 3 is 2.81 bits per heavy atom. The van der Waals surface area contributed by atoms with Gasteiger partial charge in [0.2, 0.25) is 0 Å².